The van der Waals surface area contributed by atoms with Gasteiger partial charge in [-0.3, -0.25) is 19.5 Å². The topological polar surface area (TPSA) is 139 Å². The van der Waals surface area contributed by atoms with Gasteiger partial charge in [-0.1, -0.05) is 0 Å². The highest BCUT2D eigenvalue weighted by molar-refractivity contribution is 7.93. The second-order valence-corrected chi connectivity index (χ2v) is 12.2. The second-order valence-electron chi connectivity index (χ2n) is 9.16. The first-order chi connectivity index (χ1) is 17.8. The summed E-state index contributed by atoms with van der Waals surface area (Å²) in [5.41, 5.74) is 1.61. The second kappa shape index (κ2) is 10.7. The molecule has 2 atom stereocenters. The Bertz CT molecular complexity index is 1380. The third-order valence-electron chi connectivity index (χ3n) is 6.43. The van der Waals surface area contributed by atoms with Crippen molar-refractivity contribution in [3.8, 4) is 16.5 Å². The minimum atomic E-state index is -3.41. The van der Waals surface area contributed by atoms with E-state index in [0.29, 0.717) is 47.3 Å². The van der Waals surface area contributed by atoms with Gasteiger partial charge >= 0.3 is 0 Å². The molecule has 1 saturated heterocycles. The minimum absolute atomic E-state index is 0.0138. The molecule has 1 aliphatic heterocycles. The van der Waals surface area contributed by atoms with E-state index in [-0.39, 0.29) is 22.2 Å². The Kier molecular flexibility index (Phi) is 7.36. The van der Waals surface area contributed by atoms with Crippen LogP contribution in [0.5, 0.6) is 5.88 Å². The number of pyridine rings is 1. The summed E-state index contributed by atoms with van der Waals surface area (Å²) in [5.74, 6) is 0.0771. The van der Waals surface area contributed by atoms with Gasteiger partial charge in [0.1, 0.15) is 5.69 Å². The number of thiazole rings is 1. The molecule has 0 bridgehead atoms. The van der Waals surface area contributed by atoms with Crippen molar-refractivity contribution >= 4 is 33.0 Å². The number of rotatable bonds is 10. The number of likely N-dealkylation sites (N-methyl/N-ethyl adjacent to an activating group) is 1. The molecule has 2 aliphatic rings. The highest BCUT2D eigenvalue weighted by atomic mass is 32.2. The summed E-state index contributed by atoms with van der Waals surface area (Å²) in [6.45, 7) is 3.25. The molecule has 11 nitrogen and oxygen atoms in total. The highest BCUT2D eigenvalue weighted by Gasteiger charge is 2.36. The standard InChI is InChI=1S/C24H29N7O4S2/c1-3-35-21-14-25-12-18(28-21)20-13-27-24(36-20)23(32)29-22(19-5-4-10-31(19)2)17-11-15(8-9-26-17)30-37(33,34)16-6-7-16/h8-9,11-14,16,19,22H,3-7,10H2,1-2H3,(H,26,30)(H,29,32)/t19-,22-/m1/s1. The van der Waals surface area contributed by atoms with Crippen LogP contribution < -0.4 is 14.8 Å². The minimum Gasteiger partial charge on any atom is -0.477 e. The number of ether oxygens (including phenoxy) is 1. The Hall–Kier alpha value is -3.16. The van der Waals surface area contributed by atoms with Gasteiger partial charge in [0, 0.05) is 18.4 Å². The Morgan fingerprint density at radius 2 is 2.08 bits per heavy atom. The highest BCUT2D eigenvalue weighted by Crippen LogP contribution is 2.32. The molecule has 0 spiro atoms. The van der Waals surface area contributed by atoms with Gasteiger partial charge in [-0.25, -0.2) is 18.4 Å². The monoisotopic (exact) mass is 543 g/mol. The van der Waals surface area contributed by atoms with E-state index in [1.54, 1.807) is 30.7 Å². The molecule has 37 heavy (non-hydrogen) atoms. The van der Waals surface area contributed by atoms with Crippen molar-refractivity contribution in [2.45, 2.75) is 49.9 Å². The average Bonchev–Trinajstić information content (AvgIpc) is 3.49. The lowest BCUT2D eigenvalue weighted by Gasteiger charge is -2.29. The summed E-state index contributed by atoms with van der Waals surface area (Å²) in [7, 11) is -1.40. The van der Waals surface area contributed by atoms with Crippen molar-refractivity contribution in [2.24, 2.45) is 0 Å². The molecule has 0 unspecified atom stereocenters. The van der Waals surface area contributed by atoms with Crippen molar-refractivity contribution in [2.75, 3.05) is 24.9 Å². The van der Waals surface area contributed by atoms with E-state index in [9.17, 15) is 13.2 Å². The molecule has 196 valence electrons. The summed E-state index contributed by atoms with van der Waals surface area (Å²) < 4.78 is 33.0. The first kappa shape index (κ1) is 25.5. The van der Waals surface area contributed by atoms with Crippen LogP contribution in [0.15, 0.2) is 36.9 Å². The summed E-state index contributed by atoms with van der Waals surface area (Å²) in [6, 6.07) is 2.91. The molecule has 3 aromatic rings. The number of nitrogens with one attached hydrogen (secondary N) is 2. The first-order valence-electron chi connectivity index (χ1n) is 12.2. The number of hydrogen-bond acceptors (Lipinski definition) is 10. The molecule has 2 N–H and O–H groups in total. The van der Waals surface area contributed by atoms with Crippen molar-refractivity contribution < 1.29 is 17.9 Å². The molecule has 1 aliphatic carbocycles. The average molecular weight is 544 g/mol. The maximum atomic E-state index is 13.3. The molecule has 4 heterocycles. The van der Waals surface area contributed by atoms with Crippen LogP contribution in [0, 0.1) is 0 Å². The quantitative estimate of drug-likeness (QED) is 0.395. The fraction of sp³-hybridized carbons (Fsp3) is 0.458. The number of carbonyl (C=O) groups is 1. The van der Waals surface area contributed by atoms with Crippen LogP contribution in [0.2, 0.25) is 0 Å². The van der Waals surface area contributed by atoms with Gasteiger partial charge in [0.05, 0.1) is 46.6 Å². The lowest BCUT2D eigenvalue weighted by Crippen LogP contribution is -2.42. The number of sulfonamides is 1. The first-order valence-corrected chi connectivity index (χ1v) is 14.6. The van der Waals surface area contributed by atoms with Crippen LogP contribution in [0.1, 0.15) is 54.1 Å². The zero-order chi connectivity index (χ0) is 26.0. The molecule has 0 radical (unpaired) electrons. The molecule has 1 amide bonds. The number of anilines is 1. The summed E-state index contributed by atoms with van der Waals surface area (Å²) >= 11 is 1.22. The number of amides is 1. The number of likely N-dealkylation sites (tertiary alicyclic amines) is 1. The van der Waals surface area contributed by atoms with E-state index >= 15 is 0 Å². The molecule has 2 fully saturated rings. The Morgan fingerprint density at radius 3 is 2.81 bits per heavy atom. The van der Waals surface area contributed by atoms with Crippen LogP contribution in [-0.2, 0) is 10.0 Å². The van der Waals surface area contributed by atoms with Crippen molar-refractivity contribution in [1.82, 2.24) is 30.2 Å². The third kappa shape index (κ3) is 5.89. The molecular formula is C24H29N7O4S2. The van der Waals surface area contributed by atoms with Crippen LogP contribution >= 0.6 is 11.3 Å². The third-order valence-corrected chi connectivity index (χ3v) is 9.32. The van der Waals surface area contributed by atoms with Gasteiger partial charge in [0.25, 0.3) is 5.91 Å². The zero-order valence-electron chi connectivity index (χ0n) is 20.6. The van der Waals surface area contributed by atoms with E-state index in [1.165, 1.54) is 17.5 Å². The van der Waals surface area contributed by atoms with E-state index in [0.717, 1.165) is 19.4 Å². The maximum Gasteiger partial charge on any atom is 0.280 e. The molecule has 3 aromatic heterocycles. The van der Waals surface area contributed by atoms with E-state index in [2.05, 4.69) is 34.9 Å². The van der Waals surface area contributed by atoms with Crippen LogP contribution in [0.4, 0.5) is 5.69 Å². The van der Waals surface area contributed by atoms with Gasteiger partial charge in [-0.05, 0) is 58.3 Å². The zero-order valence-corrected chi connectivity index (χ0v) is 22.3. The van der Waals surface area contributed by atoms with E-state index in [1.807, 2.05) is 14.0 Å². The smallest absolute Gasteiger partial charge is 0.280 e. The fourth-order valence-corrected chi connectivity index (χ4v) is 6.57. The summed E-state index contributed by atoms with van der Waals surface area (Å²) in [5, 5.41) is 3.06. The summed E-state index contributed by atoms with van der Waals surface area (Å²) in [6.07, 6.45) is 9.54. The normalized spacial score (nSPS) is 18.9. The lowest BCUT2D eigenvalue weighted by molar-refractivity contribution is 0.0910. The van der Waals surface area contributed by atoms with E-state index < -0.39 is 16.1 Å². The number of hydrogen-bond donors (Lipinski definition) is 2. The largest absolute Gasteiger partial charge is 0.477 e. The van der Waals surface area contributed by atoms with Crippen LogP contribution in [0.25, 0.3) is 10.6 Å². The molecular weight excluding hydrogens is 514 g/mol. The Labute approximate surface area is 219 Å². The van der Waals surface area contributed by atoms with Gasteiger partial charge in [0.15, 0.2) is 5.01 Å². The molecule has 13 heteroatoms. The van der Waals surface area contributed by atoms with Crippen LogP contribution in [0.3, 0.4) is 0 Å². The lowest BCUT2D eigenvalue weighted by atomic mass is 10.0. The van der Waals surface area contributed by atoms with Crippen molar-refractivity contribution in [3.63, 3.8) is 0 Å². The number of carbonyl (C=O) groups excluding carboxylic acids is 1. The summed E-state index contributed by atoms with van der Waals surface area (Å²) in [4.78, 5) is 33.6. The predicted octanol–water partition coefficient (Wildman–Crippen LogP) is 2.86. The van der Waals surface area contributed by atoms with Gasteiger partial charge in [-0.15, -0.1) is 11.3 Å². The predicted molar refractivity (Wildman–Crippen MR) is 140 cm³/mol. The van der Waals surface area contributed by atoms with Crippen molar-refractivity contribution in [1.29, 1.82) is 0 Å². The van der Waals surface area contributed by atoms with Crippen LogP contribution in [-0.4, -0.2) is 70.7 Å². The maximum absolute atomic E-state index is 13.3. The van der Waals surface area contributed by atoms with Gasteiger partial charge in [-0.2, -0.15) is 0 Å². The van der Waals surface area contributed by atoms with Crippen molar-refractivity contribution in [3.05, 3.63) is 47.6 Å². The van der Waals surface area contributed by atoms with Gasteiger partial charge in [0.2, 0.25) is 15.9 Å². The molecule has 1 saturated carbocycles. The van der Waals surface area contributed by atoms with E-state index in [4.69, 9.17) is 4.74 Å². The molecule has 5 rings (SSSR count). The molecule has 0 aromatic carbocycles. The Morgan fingerprint density at radius 1 is 1.24 bits per heavy atom. The number of aromatic nitrogens is 4. The Balaban J connectivity index is 1.38. The fourth-order valence-electron chi connectivity index (χ4n) is 4.42. The SMILES string of the molecule is CCOc1cncc(-c2cnc(C(=O)N[C@H](c3cc(NS(=O)(=O)C4CC4)ccn3)[C@H]3CCCN3C)s2)n1. The van der Waals surface area contributed by atoms with Gasteiger partial charge < -0.3 is 15.0 Å². The number of nitrogens with zero attached hydrogens (tertiary/aromatic N) is 5.